The smallest absolute Gasteiger partial charge is 0.253 e. The molecular formula is C22H25Cl2N3O2. The van der Waals surface area contributed by atoms with E-state index in [4.69, 9.17) is 23.2 Å². The first-order valence-corrected chi connectivity index (χ1v) is 10.5. The molecule has 1 aliphatic heterocycles. The third-order valence-corrected chi connectivity index (χ3v) is 5.90. The second kappa shape index (κ2) is 9.61. The van der Waals surface area contributed by atoms with Gasteiger partial charge in [-0.05, 0) is 43.7 Å². The normalized spacial score (nSPS) is 16.9. The van der Waals surface area contributed by atoms with E-state index in [0.717, 1.165) is 5.56 Å². The summed E-state index contributed by atoms with van der Waals surface area (Å²) in [6, 6.07) is 14.0. The number of amides is 2. The van der Waals surface area contributed by atoms with E-state index in [-0.39, 0.29) is 23.9 Å². The lowest BCUT2D eigenvalue weighted by Gasteiger charge is -2.37. The average Bonchev–Trinajstić information content (AvgIpc) is 2.73. The molecule has 2 unspecified atom stereocenters. The summed E-state index contributed by atoms with van der Waals surface area (Å²) in [5, 5.41) is 4.12. The van der Waals surface area contributed by atoms with Crippen LogP contribution < -0.4 is 5.32 Å². The van der Waals surface area contributed by atoms with Gasteiger partial charge in [0.1, 0.15) is 0 Å². The minimum Gasteiger partial charge on any atom is -0.348 e. The second-order valence-electron chi connectivity index (χ2n) is 7.27. The van der Waals surface area contributed by atoms with Gasteiger partial charge in [-0.1, -0.05) is 47.5 Å². The molecule has 1 saturated heterocycles. The van der Waals surface area contributed by atoms with Crippen molar-refractivity contribution in [3.63, 3.8) is 0 Å². The van der Waals surface area contributed by atoms with Crippen LogP contribution in [0.4, 0.5) is 0 Å². The van der Waals surface area contributed by atoms with Gasteiger partial charge in [-0.2, -0.15) is 0 Å². The van der Waals surface area contributed by atoms with Crippen molar-refractivity contribution in [3.05, 3.63) is 69.7 Å². The molecule has 0 bridgehead atoms. The number of piperazine rings is 1. The van der Waals surface area contributed by atoms with E-state index < -0.39 is 0 Å². The van der Waals surface area contributed by atoms with Crippen molar-refractivity contribution in [2.45, 2.75) is 25.9 Å². The molecule has 154 valence electrons. The maximum absolute atomic E-state index is 12.7. The zero-order valence-corrected chi connectivity index (χ0v) is 18.1. The van der Waals surface area contributed by atoms with E-state index in [2.05, 4.69) is 10.2 Å². The zero-order valence-electron chi connectivity index (χ0n) is 16.6. The monoisotopic (exact) mass is 433 g/mol. The topological polar surface area (TPSA) is 52.7 Å². The molecule has 1 fully saturated rings. The Morgan fingerprint density at radius 3 is 2.24 bits per heavy atom. The third kappa shape index (κ3) is 5.30. The molecule has 29 heavy (non-hydrogen) atoms. The molecular weight excluding hydrogens is 409 g/mol. The number of halogens is 2. The van der Waals surface area contributed by atoms with Crippen molar-refractivity contribution >= 4 is 35.0 Å². The molecule has 7 heteroatoms. The van der Waals surface area contributed by atoms with Crippen LogP contribution in [0.1, 0.15) is 35.8 Å². The van der Waals surface area contributed by atoms with Crippen LogP contribution in [-0.4, -0.2) is 53.8 Å². The summed E-state index contributed by atoms with van der Waals surface area (Å²) in [7, 11) is 0. The number of carbonyl (C=O) groups excluding carboxylic acids is 2. The summed E-state index contributed by atoms with van der Waals surface area (Å²) in [5.41, 5.74) is 1.52. The number of benzene rings is 2. The Labute approximate surface area is 181 Å². The van der Waals surface area contributed by atoms with E-state index in [0.29, 0.717) is 41.8 Å². The molecule has 1 heterocycles. The Balaban J connectivity index is 1.54. The zero-order chi connectivity index (χ0) is 21.0. The van der Waals surface area contributed by atoms with Gasteiger partial charge in [-0.15, -0.1) is 0 Å². The molecule has 0 radical (unpaired) electrons. The minimum atomic E-state index is -0.294. The van der Waals surface area contributed by atoms with Gasteiger partial charge in [0.05, 0.1) is 12.1 Å². The first-order valence-electron chi connectivity index (χ1n) is 9.70. The molecule has 2 aromatic rings. The molecule has 1 aliphatic rings. The highest BCUT2D eigenvalue weighted by Crippen LogP contribution is 2.26. The second-order valence-corrected chi connectivity index (χ2v) is 8.11. The largest absolute Gasteiger partial charge is 0.348 e. The molecule has 0 spiro atoms. The number of rotatable bonds is 5. The predicted molar refractivity (Wildman–Crippen MR) is 116 cm³/mol. The number of nitrogens with one attached hydrogen (secondary N) is 1. The van der Waals surface area contributed by atoms with E-state index in [1.165, 1.54) is 0 Å². The number of nitrogens with zero attached hydrogens (tertiary/aromatic N) is 2. The fraction of sp³-hybridized carbons (Fsp3) is 0.364. The molecule has 2 atom stereocenters. The van der Waals surface area contributed by atoms with Gasteiger partial charge in [-0.3, -0.25) is 14.5 Å². The van der Waals surface area contributed by atoms with Crippen LogP contribution in [0.5, 0.6) is 0 Å². The van der Waals surface area contributed by atoms with E-state index in [1.54, 1.807) is 12.1 Å². The van der Waals surface area contributed by atoms with Crippen molar-refractivity contribution in [3.8, 4) is 0 Å². The summed E-state index contributed by atoms with van der Waals surface area (Å²) >= 11 is 12.2. The molecule has 0 aliphatic carbocycles. The summed E-state index contributed by atoms with van der Waals surface area (Å²) in [6.07, 6.45) is 0. The molecule has 3 rings (SSSR count). The van der Waals surface area contributed by atoms with Gasteiger partial charge >= 0.3 is 0 Å². The van der Waals surface area contributed by atoms with Crippen LogP contribution in [0.2, 0.25) is 10.0 Å². The first kappa shape index (κ1) is 21.6. The molecule has 0 saturated carbocycles. The molecule has 1 N–H and O–H groups in total. The summed E-state index contributed by atoms with van der Waals surface area (Å²) in [5.74, 6) is -0.0280. The fourth-order valence-corrected chi connectivity index (χ4v) is 4.08. The highest BCUT2D eigenvalue weighted by atomic mass is 35.5. The summed E-state index contributed by atoms with van der Waals surface area (Å²) < 4.78 is 0. The highest BCUT2D eigenvalue weighted by Gasteiger charge is 2.28. The average molecular weight is 434 g/mol. The van der Waals surface area contributed by atoms with Gasteiger partial charge in [0.2, 0.25) is 5.91 Å². The van der Waals surface area contributed by atoms with Crippen LogP contribution in [0, 0.1) is 0 Å². The van der Waals surface area contributed by atoms with Crippen LogP contribution in [0.15, 0.2) is 48.5 Å². The van der Waals surface area contributed by atoms with Gasteiger partial charge < -0.3 is 10.2 Å². The SMILES string of the molecule is CC(NC(=O)C(C)N1CCN(C(=O)c2ccccc2)CC1)c1ccc(Cl)cc1Cl. The highest BCUT2D eigenvalue weighted by molar-refractivity contribution is 6.35. The Morgan fingerprint density at radius 2 is 1.62 bits per heavy atom. The molecule has 2 amide bonds. The number of hydrogen-bond acceptors (Lipinski definition) is 3. The predicted octanol–water partition coefficient (Wildman–Crippen LogP) is 4.02. The van der Waals surface area contributed by atoms with Gasteiger partial charge in [0.25, 0.3) is 5.91 Å². The Bertz CT molecular complexity index is 868. The van der Waals surface area contributed by atoms with Crippen LogP contribution >= 0.6 is 23.2 Å². The maximum atomic E-state index is 12.7. The number of hydrogen-bond donors (Lipinski definition) is 1. The molecule has 0 aromatic heterocycles. The van der Waals surface area contributed by atoms with Crippen molar-refractivity contribution in [1.29, 1.82) is 0 Å². The minimum absolute atomic E-state index is 0.0355. The summed E-state index contributed by atoms with van der Waals surface area (Å²) in [6.45, 7) is 6.30. The lowest BCUT2D eigenvalue weighted by molar-refractivity contribution is -0.127. The summed E-state index contributed by atoms with van der Waals surface area (Å²) in [4.78, 5) is 29.3. The van der Waals surface area contributed by atoms with Gasteiger partial charge in [0, 0.05) is 41.8 Å². The number of carbonyl (C=O) groups is 2. The molecule has 2 aromatic carbocycles. The van der Waals surface area contributed by atoms with Crippen LogP contribution in [0.25, 0.3) is 0 Å². The Hall–Kier alpha value is -2.08. The Kier molecular flexibility index (Phi) is 7.17. The standard InChI is InChI=1S/C22H25Cl2N3O2/c1-15(19-9-8-18(23)14-20(19)24)25-21(28)16(2)26-10-12-27(13-11-26)22(29)17-6-4-3-5-7-17/h3-9,14-16H,10-13H2,1-2H3,(H,25,28). The fourth-order valence-electron chi connectivity index (χ4n) is 3.51. The van der Waals surface area contributed by atoms with Crippen molar-refractivity contribution in [2.75, 3.05) is 26.2 Å². The van der Waals surface area contributed by atoms with Gasteiger partial charge in [0.15, 0.2) is 0 Å². The van der Waals surface area contributed by atoms with E-state index >= 15 is 0 Å². The Morgan fingerprint density at radius 1 is 0.966 bits per heavy atom. The van der Waals surface area contributed by atoms with Crippen molar-refractivity contribution in [1.82, 2.24) is 15.1 Å². The third-order valence-electron chi connectivity index (χ3n) is 5.34. The van der Waals surface area contributed by atoms with Crippen molar-refractivity contribution in [2.24, 2.45) is 0 Å². The first-order chi connectivity index (χ1) is 13.9. The van der Waals surface area contributed by atoms with E-state index in [1.807, 2.05) is 55.1 Å². The quantitative estimate of drug-likeness (QED) is 0.774. The molecule has 5 nitrogen and oxygen atoms in total. The lowest BCUT2D eigenvalue weighted by atomic mass is 10.1. The van der Waals surface area contributed by atoms with Gasteiger partial charge in [-0.25, -0.2) is 0 Å². The van der Waals surface area contributed by atoms with Crippen LogP contribution in [0.3, 0.4) is 0 Å². The van der Waals surface area contributed by atoms with Crippen molar-refractivity contribution < 1.29 is 9.59 Å². The van der Waals surface area contributed by atoms with E-state index in [9.17, 15) is 9.59 Å². The maximum Gasteiger partial charge on any atom is 0.253 e. The lowest BCUT2D eigenvalue weighted by Crippen LogP contribution is -2.55. The van der Waals surface area contributed by atoms with Crippen LogP contribution in [-0.2, 0) is 4.79 Å².